The molecule has 0 aromatic heterocycles. The Balaban J connectivity index is 2.30. The number of halogens is 1. The van der Waals surface area contributed by atoms with Gasteiger partial charge < -0.3 is 24.4 Å². The molecule has 0 saturated heterocycles. The van der Waals surface area contributed by atoms with E-state index in [-0.39, 0.29) is 37.2 Å². The molecule has 0 fully saturated rings. The van der Waals surface area contributed by atoms with Crippen molar-refractivity contribution in [2.24, 2.45) is 17.8 Å². The number of esters is 2. The fourth-order valence-corrected chi connectivity index (χ4v) is 3.71. The van der Waals surface area contributed by atoms with Crippen molar-refractivity contribution in [3.05, 3.63) is 23.5 Å². The summed E-state index contributed by atoms with van der Waals surface area (Å²) in [7, 11) is 0. The lowest BCUT2D eigenvalue weighted by atomic mass is 9.82. The summed E-state index contributed by atoms with van der Waals surface area (Å²) in [6, 6.07) is 0. The maximum Gasteiger partial charge on any atom is 0.309 e. The SMILES string of the molecule is CC(C)CC(=O)O[C@@H]1OC=C(CO)C2=C[C@H](OC(=O)CC(C)C)[C@](O)(CCl)[C@H]21. The van der Waals surface area contributed by atoms with Crippen LogP contribution in [0.4, 0.5) is 0 Å². The number of alkyl halides is 1. The number of aliphatic hydroxyl groups is 2. The standard InChI is InChI=1S/C20H29ClO7/c1-11(2)5-16(23)27-15-7-14-13(8-22)9-26-19(18(14)20(15,25)10-21)28-17(24)6-12(3)4/h7,9,11-12,15,18-19,22,25H,5-6,8,10H2,1-4H3/t15-,18+,19-,20+/m0/s1. The molecule has 1 aliphatic carbocycles. The Bertz CT molecular complexity index is 655. The molecule has 0 aromatic carbocycles. The Labute approximate surface area is 170 Å². The molecule has 0 spiro atoms. The second-order valence-electron chi connectivity index (χ2n) is 8.13. The predicted molar refractivity (Wildman–Crippen MR) is 102 cm³/mol. The second-order valence-corrected chi connectivity index (χ2v) is 8.39. The Morgan fingerprint density at radius 1 is 1.18 bits per heavy atom. The largest absolute Gasteiger partial charge is 0.461 e. The maximum atomic E-state index is 12.2. The first-order valence-corrected chi connectivity index (χ1v) is 10.0. The molecule has 28 heavy (non-hydrogen) atoms. The summed E-state index contributed by atoms with van der Waals surface area (Å²) in [4.78, 5) is 24.3. The molecule has 0 radical (unpaired) electrons. The van der Waals surface area contributed by atoms with Crippen LogP contribution in [0.2, 0.25) is 0 Å². The number of rotatable bonds is 8. The molecule has 1 heterocycles. The minimum atomic E-state index is -1.74. The van der Waals surface area contributed by atoms with Gasteiger partial charge in [0.2, 0.25) is 0 Å². The monoisotopic (exact) mass is 416 g/mol. The van der Waals surface area contributed by atoms with Crippen molar-refractivity contribution >= 4 is 23.5 Å². The van der Waals surface area contributed by atoms with Crippen LogP contribution in [0.3, 0.4) is 0 Å². The topological polar surface area (TPSA) is 102 Å². The summed E-state index contributed by atoms with van der Waals surface area (Å²) in [5.74, 6) is -1.92. The summed E-state index contributed by atoms with van der Waals surface area (Å²) in [5.41, 5.74) is -0.824. The third kappa shape index (κ3) is 4.88. The zero-order chi connectivity index (χ0) is 21.1. The number of carbonyl (C=O) groups excluding carboxylic acids is 2. The predicted octanol–water partition coefficient (Wildman–Crippen LogP) is 2.29. The molecular weight excluding hydrogens is 388 g/mol. The van der Waals surface area contributed by atoms with E-state index in [0.29, 0.717) is 11.1 Å². The zero-order valence-electron chi connectivity index (χ0n) is 16.7. The van der Waals surface area contributed by atoms with Crippen LogP contribution in [0.1, 0.15) is 40.5 Å². The van der Waals surface area contributed by atoms with Crippen LogP contribution in [-0.4, -0.2) is 52.6 Å². The Hall–Kier alpha value is -1.57. The lowest BCUT2D eigenvalue weighted by molar-refractivity contribution is -0.203. The van der Waals surface area contributed by atoms with E-state index in [1.165, 1.54) is 6.26 Å². The molecule has 0 bridgehead atoms. The van der Waals surface area contributed by atoms with Gasteiger partial charge in [0.15, 0.2) is 6.10 Å². The van der Waals surface area contributed by atoms with E-state index >= 15 is 0 Å². The van der Waals surface area contributed by atoms with Crippen LogP contribution < -0.4 is 0 Å². The van der Waals surface area contributed by atoms with Crippen molar-refractivity contribution in [1.82, 2.24) is 0 Å². The van der Waals surface area contributed by atoms with Crippen LogP contribution in [0, 0.1) is 17.8 Å². The summed E-state index contributed by atoms with van der Waals surface area (Å²) in [5, 5.41) is 20.9. The van der Waals surface area contributed by atoms with Gasteiger partial charge in [-0.2, -0.15) is 0 Å². The van der Waals surface area contributed by atoms with Crippen molar-refractivity contribution in [1.29, 1.82) is 0 Å². The lowest BCUT2D eigenvalue weighted by Gasteiger charge is -2.39. The van der Waals surface area contributed by atoms with Gasteiger partial charge >= 0.3 is 11.9 Å². The Kier molecular flexibility index (Phi) is 7.53. The first kappa shape index (κ1) is 22.7. The average Bonchev–Trinajstić information content (AvgIpc) is 2.87. The van der Waals surface area contributed by atoms with Gasteiger partial charge in [-0.1, -0.05) is 27.7 Å². The highest BCUT2D eigenvalue weighted by Gasteiger charge is 2.58. The molecule has 4 atom stereocenters. The molecule has 0 saturated carbocycles. The zero-order valence-corrected chi connectivity index (χ0v) is 17.4. The van der Waals surface area contributed by atoms with E-state index in [4.69, 9.17) is 25.8 Å². The van der Waals surface area contributed by atoms with Crippen molar-refractivity contribution in [3.8, 4) is 0 Å². The van der Waals surface area contributed by atoms with Crippen molar-refractivity contribution < 1.29 is 34.0 Å². The van der Waals surface area contributed by atoms with E-state index in [2.05, 4.69) is 0 Å². The summed E-state index contributed by atoms with van der Waals surface area (Å²) < 4.78 is 16.4. The maximum absolute atomic E-state index is 12.2. The van der Waals surface area contributed by atoms with E-state index in [9.17, 15) is 19.8 Å². The van der Waals surface area contributed by atoms with Gasteiger partial charge in [-0.3, -0.25) is 9.59 Å². The number of hydrogen-bond acceptors (Lipinski definition) is 7. The van der Waals surface area contributed by atoms with Gasteiger partial charge in [0.1, 0.15) is 5.60 Å². The van der Waals surface area contributed by atoms with E-state index < -0.39 is 35.9 Å². The van der Waals surface area contributed by atoms with Crippen molar-refractivity contribution in [2.45, 2.75) is 58.5 Å². The highest BCUT2D eigenvalue weighted by molar-refractivity contribution is 6.18. The van der Waals surface area contributed by atoms with Crippen LogP contribution in [-0.2, 0) is 23.8 Å². The number of carbonyl (C=O) groups is 2. The second kappa shape index (κ2) is 9.29. The Morgan fingerprint density at radius 3 is 2.25 bits per heavy atom. The van der Waals surface area contributed by atoms with Gasteiger partial charge in [0.25, 0.3) is 6.29 Å². The van der Waals surface area contributed by atoms with E-state index in [0.717, 1.165) is 0 Å². The molecule has 1 aliphatic heterocycles. The van der Waals surface area contributed by atoms with Crippen LogP contribution in [0.15, 0.2) is 23.5 Å². The minimum absolute atomic E-state index is 0.0916. The van der Waals surface area contributed by atoms with Gasteiger partial charge in [0.05, 0.1) is 24.7 Å². The molecule has 0 amide bonds. The van der Waals surface area contributed by atoms with Crippen LogP contribution in [0.5, 0.6) is 0 Å². The van der Waals surface area contributed by atoms with Crippen LogP contribution in [0.25, 0.3) is 0 Å². The first-order chi connectivity index (χ1) is 13.1. The number of ether oxygens (including phenoxy) is 3. The fraction of sp³-hybridized carbons (Fsp3) is 0.700. The molecule has 0 aromatic rings. The molecule has 0 unspecified atom stereocenters. The molecule has 158 valence electrons. The van der Waals surface area contributed by atoms with E-state index in [1.807, 2.05) is 27.7 Å². The van der Waals surface area contributed by atoms with Gasteiger partial charge in [0, 0.05) is 18.4 Å². The number of fused-ring (bicyclic) bond motifs is 1. The quantitative estimate of drug-likeness (QED) is 0.462. The fourth-order valence-electron chi connectivity index (χ4n) is 3.40. The van der Waals surface area contributed by atoms with Crippen molar-refractivity contribution in [2.75, 3.05) is 12.5 Å². The molecule has 2 rings (SSSR count). The highest BCUT2D eigenvalue weighted by Crippen LogP contribution is 2.47. The average molecular weight is 417 g/mol. The third-order valence-electron chi connectivity index (χ3n) is 4.72. The smallest absolute Gasteiger partial charge is 0.309 e. The number of aliphatic hydroxyl groups excluding tert-OH is 1. The molecular formula is C20H29ClO7. The third-order valence-corrected chi connectivity index (χ3v) is 5.15. The van der Waals surface area contributed by atoms with Crippen LogP contribution >= 0.6 is 11.6 Å². The lowest BCUT2D eigenvalue weighted by Crippen LogP contribution is -2.54. The molecule has 7 nitrogen and oxygen atoms in total. The molecule has 2 N–H and O–H groups in total. The summed E-state index contributed by atoms with van der Waals surface area (Å²) in [6.45, 7) is 7.18. The van der Waals surface area contributed by atoms with Crippen molar-refractivity contribution in [3.63, 3.8) is 0 Å². The Morgan fingerprint density at radius 2 is 1.75 bits per heavy atom. The highest BCUT2D eigenvalue weighted by atomic mass is 35.5. The van der Waals surface area contributed by atoms with Gasteiger partial charge in [-0.25, -0.2) is 0 Å². The van der Waals surface area contributed by atoms with Gasteiger partial charge in [-0.15, -0.1) is 11.6 Å². The summed E-state index contributed by atoms with van der Waals surface area (Å²) in [6.07, 6.45) is 1.05. The van der Waals surface area contributed by atoms with E-state index in [1.54, 1.807) is 6.08 Å². The van der Waals surface area contributed by atoms with Gasteiger partial charge in [-0.05, 0) is 23.5 Å². The normalized spacial score (nSPS) is 29.1. The summed E-state index contributed by atoms with van der Waals surface area (Å²) >= 11 is 6.08. The number of hydrogen-bond donors (Lipinski definition) is 2. The minimum Gasteiger partial charge on any atom is -0.461 e. The first-order valence-electron chi connectivity index (χ1n) is 9.47. The molecule has 2 aliphatic rings. The molecule has 8 heteroatoms.